The van der Waals surface area contributed by atoms with Gasteiger partial charge < -0.3 is 14.6 Å². The van der Waals surface area contributed by atoms with Crippen LogP contribution in [0.2, 0.25) is 5.02 Å². The van der Waals surface area contributed by atoms with Gasteiger partial charge in [-0.3, -0.25) is 0 Å². The van der Waals surface area contributed by atoms with E-state index in [0.29, 0.717) is 29.9 Å². The fraction of sp³-hybridized carbons (Fsp3) is 0.417. The summed E-state index contributed by atoms with van der Waals surface area (Å²) in [7, 11) is 2.90. The number of carbonyl (C=O) groups excluding carboxylic acids is 1. The molecule has 0 radical (unpaired) electrons. The van der Waals surface area contributed by atoms with Crippen LogP contribution in [0.5, 0.6) is 17.2 Å². The summed E-state index contributed by atoms with van der Waals surface area (Å²) < 4.78 is 10.2. The number of halogens is 1. The van der Waals surface area contributed by atoms with E-state index >= 15 is 0 Å². The Morgan fingerprint density at radius 1 is 1.44 bits per heavy atom. The van der Waals surface area contributed by atoms with Gasteiger partial charge in [0.25, 0.3) is 0 Å². The van der Waals surface area contributed by atoms with Crippen LogP contribution in [0.15, 0.2) is 11.1 Å². The molecule has 1 aliphatic carbocycles. The maximum atomic E-state index is 10.5. The number of rotatable bonds is 4. The average Bonchev–Trinajstić information content (AvgIpc) is 3.09. The Bertz CT molecular complexity index is 533. The molecule has 0 unspecified atom stereocenters. The van der Waals surface area contributed by atoms with Crippen molar-refractivity contribution in [1.29, 1.82) is 0 Å². The summed E-state index contributed by atoms with van der Waals surface area (Å²) in [5, 5.41) is 10.2. The number of hydrogen-bond acceptors (Lipinski definition) is 5. The second-order valence-corrected chi connectivity index (χ2v) is 4.43. The van der Waals surface area contributed by atoms with Crippen molar-refractivity contribution < 1.29 is 19.4 Å². The molecule has 18 heavy (non-hydrogen) atoms. The molecule has 1 aliphatic rings. The van der Waals surface area contributed by atoms with Gasteiger partial charge in [-0.15, -0.1) is 0 Å². The van der Waals surface area contributed by atoms with Crippen molar-refractivity contribution in [3.63, 3.8) is 0 Å². The first-order valence-corrected chi connectivity index (χ1v) is 5.70. The molecule has 0 heterocycles. The molecule has 96 valence electrons. The lowest BCUT2D eigenvalue weighted by atomic mass is 10.0. The molecule has 1 aromatic carbocycles. The van der Waals surface area contributed by atoms with E-state index < -0.39 is 5.54 Å². The number of ether oxygens (including phenoxy) is 2. The van der Waals surface area contributed by atoms with Crippen molar-refractivity contribution in [3.05, 3.63) is 16.7 Å². The van der Waals surface area contributed by atoms with E-state index in [1.807, 2.05) is 0 Å². The second-order valence-electron chi connectivity index (χ2n) is 4.05. The molecule has 0 aromatic heterocycles. The summed E-state index contributed by atoms with van der Waals surface area (Å²) >= 11 is 6.20. The van der Waals surface area contributed by atoms with Crippen molar-refractivity contribution in [2.24, 2.45) is 4.99 Å². The molecule has 1 fully saturated rings. The zero-order chi connectivity index (χ0) is 13.3. The standard InChI is InChI=1S/C12H12ClNO4/c1-17-8-5-7(16)9(10(13)11(8)18-2)12(3-4-12)14-6-15/h5,16H,3-4H2,1-2H3. The average molecular weight is 270 g/mol. The smallest absolute Gasteiger partial charge is 0.235 e. The highest BCUT2D eigenvalue weighted by Gasteiger charge is 2.49. The Morgan fingerprint density at radius 3 is 2.56 bits per heavy atom. The van der Waals surface area contributed by atoms with Crippen LogP contribution in [0.25, 0.3) is 0 Å². The lowest BCUT2D eigenvalue weighted by Crippen LogP contribution is -2.06. The van der Waals surface area contributed by atoms with Crippen molar-refractivity contribution >= 4 is 17.7 Å². The van der Waals surface area contributed by atoms with Gasteiger partial charge in [0.05, 0.1) is 19.2 Å². The molecule has 6 heteroatoms. The highest BCUT2D eigenvalue weighted by Crippen LogP contribution is 2.57. The number of nitrogens with zero attached hydrogens (tertiary/aromatic N) is 1. The Balaban J connectivity index is 2.65. The Labute approximate surface area is 109 Å². The number of phenols is 1. The maximum absolute atomic E-state index is 10.5. The highest BCUT2D eigenvalue weighted by molar-refractivity contribution is 6.33. The number of isocyanates is 1. The van der Waals surface area contributed by atoms with E-state index in [1.54, 1.807) is 0 Å². The molecule has 0 aliphatic heterocycles. The largest absolute Gasteiger partial charge is 0.507 e. The van der Waals surface area contributed by atoms with E-state index in [-0.39, 0.29) is 10.8 Å². The third-order valence-electron chi connectivity index (χ3n) is 3.04. The first-order chi connectivity index (χ1) is 8.59. The molecule has 0 saturated heterocycles. The number of aliphatic imine (C=N–C) groups is 1. The van der Waals surface area contributed by atoms with Gasteiger partial charge in [0.1, 0.15) is 11.3 Å². The van der Waals surface area contributed by atoms with E-state index in [2.05, 4.69) is 4.99 Å². The maximum Gasteiger partial charge on any atom is 0.235 e. The minimum Gasteiger partial charge on any atom is -0.507 e. The minimum atomic E-state index is -0.761. The van der Waals surface area contributed by atoms with Gasteiger partial charge in [-0.1, -0.05) is 11.6 Å². The molecule has 0 bridgehead atoms. The molecule has 2 rings (SSSR count). The van der Waals surface area contributed by atoms with Crippen LogP contribution in [-0.4, -0.2) is 25.4 Å². The fourth-order valence-corrected chi connectivity index (χ4v) is 2.45. The SMILES string of the molecule is COc1cc(O)c(C2(N=C=O)CC2)c(Cl)c1OC. The summed E-state index contributed by atoms with van der Waals surface area (Å²) in [4.78, 5) is 14.2. The van der Waals surface area contributed by atoms with Gasteiger partial charge in [-0.05, 0) is 12.8 Å². The molecule has 0 amide bonds. The number of hydrogen-bond donors (Lipinski definition) is 1. The van der Waals surface area contributed by atoms with Gasteiger partial charge in [-0.25, -0.2) is 4.79 Å². The summed E-state index contributed by atoms with van der Waals surface area (Å²) in [6.07, 6.45) is 2.81. The van der Waals surface area contributed by atoms with Crippen LogP contribution in [0.3, 0.4) is 0 Å². The van der Waals surface area contributed by atoms with Crippen molar-refractivity contribution in [1.82, 2.24) is 0 Å². The van der Waals surface area contributed by atoms with E-state index in [4.69, 9.17) is 21.1 Å². The second kappa shape index (κ2) is 4.52. The zero-order valence-electron chi connectivity index (χ0n) is 9.99. The molecule has 1 aromatic rings. The number of phenolic OH excluding ortho intramolecular Hbond substituents is 1. The molecule has 5 nitrogen and oxygen atoms in total. The van der Waals surface area contributed by atoms with Gasteiger partial charge in [-0.2, -0.15) is 4.99 Å². The van der Waals surface area contributed by atoms with Crippen molar-refractivity contribution in [2.45, 2.75) is 18.4 Å². The monoisotopic (exact) mass is 269 g/mol. The van der Waals surface area contributed by atoms with Crippen LogP contribution >= 0.6 is 11.6 Å². The first kappa shape index (κ1) is 12.7. The van der Waals surface area contributed by atoms with Crippen LogP contribution in [0, 0.1) is 0 Å². The first-order valence-electron chi connectivity index (χ1n) is 5.32. The Hall–Kier alpha value is -1.71. The van der Waals surface area contributed by atoms with Gasteiger partial charge in [0.15, 0.2) is 11.5 Å². The summed E-state index contributed by atoms with van der Waals surface area (Å²) in [5.74, 6) is 0.586. The zero-order valence-corrected chi connectivity index (χ0v) is 10.7. The summed E-state index contributed by atoms with van der Waals surface area (Å²) in [5.41, 5.74) is -0.368. The van der Waals surface area contributed by atoms with Gasteiger partial charge in [0.2, 0.25) is 6.08 Å². The fourth-order valence-electron chi connectivity index (χ4n) is 2.00. The van der Waals surface area contributed by atoms with Gasteiger partial charge >= 0.3 is 0 Å². The number of aromatic hydroxyl groups is 1. The predicted octanol–water partition coefficient (Wildman–Crippen LogP) is 2.39. The van der Waals surface area contributed by atoms with E-state index in [9.17, 15) is 9.90 Å². The predicted molar refractivity (Wildman–Crippen MR) is 65.3 cm³/mol. The topological polar surface area (TPSA) is 68.1 Å². The van der Waals surface area contributed by atoms with Crippen LogP contribution < -0.4 is 9.47 Å². The normalized spacial score (nSPS) is 15.7. The third kappa shape index (κ3) is 1.82. The van der Waals surface area contributed by atoms with Gasteiger partial charge in [0, 0.05) is 11.6 Å². The quantitative estimate of drug-likeness (QED) is 0.673. The van der Waals surface area contributed by atoms with E-state index in [0.717, 1.165) is 0 Å². The summed E-state index contributed by atoms with van der Waals surface area (Å²) in [6, 6.07) is 1.40. The van der Waals surface area contributed by atoms with Crippen molar-refractivity contribution in [3.8, 4) is 17.2 Å². The van der Waals surface area contributed by atoms with Crippen molar-refractivity contribution in [2.75, 3.05) is 14.2 Å². The molecular formula is C12H12ClNO4. The molecular weight excluding hydrogens is 258 g/mol. The lowest BCUT2D eigenvalue weighted by Gasteiger charge is -2.17. The van der Waals surface area contributed by atoms with Crippen LogP contribution in [0.1, 0.15) is 18.4 Å². The van der Waals surface area contributed by atoms with Crippen LogP contribution in [0.4, 0.5) is 0 Å². The minimum absolute atomic E-state index is 0.0610. The molecule has 0 spiro atoms. The Kier molecular flexibility index (Phi) is 3.20. The van der Waals surface area contributed by atoms with E-state index in [1.165, 1.54) is 26.4 Å². The molecule has 1 saturated carbocycles. The highest BCUT2D eigenvalue weighted by atomic mass is 35.5. The molecule has 0 atom stereocenters. The number of methoxy groups -OCH3 is 2. The molecule has 1 N–H and O–H groups in total. The third-order valence-corrected chi connectivity index (χ3v) is 3.40. The number of benzene rings is 1. The summed E-state index contributed by atoms with van der Waals surface area (Å²) in [6.45, 7) is 0. The van der Waals surface area contributed by atoms with Crippen LogP contribution in [-0.2, 0) is 10.3 Å². The lowest BCUT2D eigenvalue weighted by molar-refractivity contribution is 0.349. The Morgan fingerprint density at radius 2 is 2.11 bits per heavy atom.